The second kappa shape index (κ2) is 8.70. The third kappa shape index (κ3) is 5.22. The number of amides is 1. The highest BCUT2D eigenvalue weighted by Crippen LogP contribution is 2.32. The first kappa shape index (κ1) is 18.3. The van der Waals surface area contributed by atoms with Crippen molar-refractivity contribution in [1.82, 2.24) is 5.43 Å². The molecule has 0 aliphatic heterocycles. The number of aromatic hydroxyl groups is 1. The van der Waals surface area contributed by atoms with E-state index in [-0.39, 0.29) is 18.1 Å². The number of methoxy groups -OCH3 is 1. The van der Waals surface area contributed by atoms with Gasteiger partial charge in [0.25, 0.3) is 5.91 Å². The van der Waals surface area contributed by atoms with Gasteiger partial charge >= 0.3 is 0 Å². The molecule has 1 amide bonds. The van der Waals surface area contributed by atoms with Crippen LogP contribution in [0.2, 0.25) is 0 Å². The van der Waals surface area contributed by atoms with Crippen molar-refractivity contribution in [2.24, 2.45) is 5.10 Å². The fourth-order valence-corrected chi connectivity index (χ4v) is 2.28. The van der Waals surface area contributed by atoms with Crippen molar-refractivity contribution < 1.29 is 19.4 Å². The summed E-state index contributed by atoms with van der Waals surface area (Å²) in [6, 6.07) is 11.6. The van der Waals surface area contributed by atoms with Gasteiger partial charge in [0.2, 0.25) is 0 Å². The average Bonchev–Trinajstić information content (AvgIpc) is 2.62. The van der Waals surface area contributed by atoms with Crippen LogP contribution in [0.5, 0.6) is 17.2 Å². The molecule has 0 spiro atoms. The van der Waals surface area contributed by atoms with Gasteiger partial charge in [0, 0.05) is 10.0 Å². The lowest BCUT2D eigenvalue weighted by atomic mass is 10.2. The van der Waals surface area contributed by atoms with Gasteiger partial charge < -0.3 is 14.6 Å². The number of carbonyl (C=O) groups excluding carboxylic acids is 1. The summed E-state index contributed by atoms with van der Waals surface area (Å²) in [6.45, 7) is -0.239. The molecule has 0 heterocycles. The highest BCUT2D eigenvalue weighted by atomic mass is 79.9. The molecule has 0 aromatic heterocycles. The molecule has 7 nitrogen and oxygen atoms in total. The Morgan fingerprint density at radius 2 is 2.12 bits per heavy atom. The molecule has 0 saturated heterocycles. The zero-order chi connectivity index (χ0) is 18.2. The van der Waals surface area contributed by atoms with Gasteiger partial charge in [-0.1, -0.05) is 15.9 Å². The number of nitrogens with one attached hydrogen (secondary N) is 1. The lowest BCUT2D eigenvalue weighted by molar-refractivity contribution is -0.123. The first-order valence-corrected chi connectivity index (χ1v) is 7.84. The highest BCUT2D eigenvalue weighted by Gasteiger charge is 2.08. The smallest absolute Gasteiger partial charge is 0.277 e. The fourth-order valence-electron chi connectivity index (χ4n) is 1.83. The Bertz CT molecular complexity index is 829. The normalized spacial score (nSPS) is 10.3. The zero-order valence-corrected chi connectivity index (χ0v) is 14.8. The first-order valence-electron chi connectivity index (χ1n) is 7.05. The van der Waals surface area contributed by atoms with E-state index in [1.54, 1.807) is 36.4 Å². The van der Waals surface area contributed by atoms with Crippen molar-refractivity contribution >= 4 is 28.1 Å². The van der Waals surface area contributed by atoms with Gasteiger partial charge in [-0.25, -0.2) is 5.43 Å². The van der Waals surface area contributed by atoms with Crippen LogP contribution in [-0.4, -0.2) is 30.9 Å². The van der Waals surface area contributed by atoms with Crippen LogP contribution in [0.25, 0.3) is 0 Å². The highest BCUT2D eigenvalue weighted by molar-refractivity contribution is 9.10. The molecular formula is C17H14BrN3O4. The molecule has 0 saturated carbocycles. The summed E-state index contributed by atoms with van der Waals surface area (Å²) in [6.07, 6.45) is 1.29. The van der Waals surface area contributed by atoms with Crippen LogP contribution < -0.4 is 14.9 Å². The lowest BCUT2D eigenvalue weighted by Gasteiger charge is -2.07. The van der Waals surface area contributed by atoms with E-state index in [0.29, 0.717) is 21.3 Å². The maximum Gasteiger partial charge on any atom is 0.277 e. The Balaban J connectivity index is 1.90. The molecule has 0 aliphatic carbocycles. The summed E-state index contributed by atoms with van der Waals surface area (Å²) < 4.78 is 11.0. The molecule has 25 heavy (non-hydrogen) atoms. The monoisotopic (exact) mass is 403 g/mol. The number of carbonyl (C=O) groups is 1. The second-order valence-corrected chi connectivity index (χ2v) is 5.68. The molecule has 2 aromatic carbocycles. The topological polar surface area (TPSA) is 104 Å². The van der Waals surface area contributed by atoms with Gasteiger partial charge in [-0.05, 0) is 36.4 Å². The molecule has 128 valence electrons. The first-order chi connectivity index (χ1) is 12.0. The predicted molar refractivity (Wildman–Crippen MR) is 94.7 cm³/mol. The zero-order valence-electron chi connectivity index (χ0n) is 13.2. The van der Waals surface area contributed by atoms with E-state index in [1.807, 2.05) is 6.07 Å². The Hall–Kier alpha value is -3.05. The molecule has 2 rings (SSSR count). The van der Waals surface area contributed by atoms with Gasteiger partial charge in [0.05, 0.1) is 25.0 Å². The predicted octanol–water partition coefficient (Wildman–Crippen LogP) is 2.56. The van der Waals surface area contributed by atoms with Crippen LogP contribution in [0.4, 0.5) is 0 Å². The van der Waals surface area contributed by atoms with E-state index in [4.69, 9.17) is 14.7 Å². The van der Waals surface area contributed by atoms with Crippen LogP contribution in [0.15, 0.2) is 46.0 Å². The number of phenols is 1. The summed E-state index contributed by atoms with van der Waals surface area (Å²) in [5.41, 5.74) is 3.17. The largest absolute Gasteiger partial charge is 0.504 e. The van der Waals surface area contributed by atoms with Crippen LogP contribution >= 0.6 is 15.9 Å². The summed E-state index contributed by atoms with van der Waals surface area (Å²) >= 11 is 3.29. The molecule has 0 radical (unpaired) electrons. The molecule has 0 aliphatic rings. The van der Waals surface area contributed by atoms with E-state index in [0.717, 1.165) is 0 Å². The molecule has 8 heteroatoms. The summed E-state index contributed by atoms with van der Waals surface area (Å²) in [5, 5.41) is 22.5. The number of nitrogens with zero attached hydrogens (tertiary/aromatic N) is 2. The van der Waals surface area contributed by atoms with Crippen LogP contribution in [0.3, 0.4) is 0 Å². The Morgan fingerprint density at radius 1 is 1.40 bits per heavy atom. The number of rotatable bonds is 6. The van der Waals surface area contributed by atoms with E-state index in [2.05, 4.69) is 26.5 Å². The number of halogens is 1. The molecule has 0 bridgehead atoms. The number of nitriles is 1. The van der Waals surface area contributed by atoms with Gasteiger partial charge in [-0.15, -0.1) is 0 Å². The third-order valence-electron chi connectivity index (χ3n) is 3.04. The summed E-state index contributed by atoms with van der Waals surface area (Å²) in [4.78, 5) is 11.7. The summed E-state index contributed by atoms with van der Waals surface area (Å²) in [7, 11) is 1.44. The van der Waals surface area contributed by atoms with Crippen LogP contribution in [-0.2, 0) is 4.79 Å². The van der Waals surface area contributed by atoms with Crippen molar-refractivity contribution in [1.29, 1.82) is 5.26 Å². The quantitative estimate of drug-likeness (QED) is 0.569. The molecule has 0 fully saturated rings. The van der Waals surface area contributed by atoms with E-state index in [1.165, 1.54) is 13.3 Å². The van der Waals surface area contributed by atoms with Crippen molar-refractivity contribution in [2.75, 3.05) is 13.7 Å². The van der Waals surface area contributed by atoms with E-state index in [9.17, 15) is 9.90 Å². The van der Waals surface area contributed by atoms with Gasteiger partial charge in [-0.3, -0.25) is 4.79 Å². The number of hydrogen-bond donors (Lipinski definition) is 2. The Morgan fingerprint density at radius 3 is 2.76 bits per heavy atom. The minimum absolute atomic E-state index is 0.0856. The lowest BCUT2D eigenvalue weighted by Crippen LogP contribution is -2.24. The summed E-state index contributed by atoms with van der Waals surface area (Å²) in [5.74, 6) is 0.193. The van der Waals surface area contributed by atoms with Crippen molar-refractivity contribution in [3.8, 4) is 23.3 Å². The Kier molecular flexibility index (Phi) is 6.37. The van der Waals surface area contributed by atoms with Crippen molar-refractivity contribution in [3.63, 3.8) is 0 Å². The number of benzene rings is 2. The Labute approximate surface area is 152 Å². The minimum atomic E-state index is -0.470. The maximum atomic E-state index is 11.7. The standard InChI is InChI=1S/C17H14BrN3O4/c1-24-15-7-13(18)6-12(17(15)23)9-20-21-16(22)10-25-14-4-2-11(8-19)3-5-14/h2-7,9,23H,10H2,1H3,(H,21,22)/b20-9+. The SMILES string of the molecule is COc1cc(Br)cc(/C=N/NC(=O)COc2ccc(C#N)cc2)c1O. The molecule has 2 N–H and O–H groups in total. The van der Waals surface area contributed by atoms with Gasteiger partial charge in [-0.2, -0.15) is 10.4 Å². The van der Waals surface area contributed by atoms with Gasteiger partial charge in [0.15, 0.2) is 18.1 Å². The number of ether oxygens (including phenoxy) is 2. The number of hydrogen-bond acceptors (Lipinski definition) is 6. The average molecular weight is 404 g/mol. The number of hydrazone groups is 1. The van der Waals surface area contributed by atoms with Crippen molar-refractivity contribution in [3.05, 3.63) is 52.0 Å². The number of phenolic OH excluding ortho intramolecular Hbond substituents is 1. The second-order valence-electron chi connectivity index (χ2n) is 4.76. The van der Waals surface area contributed by atoms with E-state index >= 15 is 0 Å². The molecular weight excluding hydrogens is 390 g/mol. The minimum Gasteiger partial charge on any atom is -0.504 e. The molecule has 0 atom stereocenters. The van der Waals surface area contributed by atoms with Crippen LogP contribution in [0.1, 0.15) is 11.1 Å². The fraction of sp³-hybridized carbons (Fsp3) is 0.118. The van der Waals surface area contributed by atoms with Crippen LogP contribution in [0, 0.1) is 11.3 Å². The maximum absolute atomic E-state index is 11.7. The molecule has 2 aromatic rings. The molecule has 0 unspecified atom stereocenters. The third-order valence-corrected chi connectivity index (χ3v) is 3.49. The van der Waals surface area contributed by atoms with Gasteiger partial charge in [0.1, 0.15) is 5.75 Å². The van der Waals surface area contributed by atoms with Crippen molar-refractivity contribution in [2.45, 2.75) is 0 Å². The van der Waals surface area contributed by atoms with E-state index < -0.39 is 5.91 Å².